The highest BCUT2D eigenvalue weighted by Crippen LogP contribution is 2.20. The van der Waals surface area contributed by atoms with Gasteiger partial charge >= 0.3 is 0 Å². The fraction of sp³-hybridized carbons (Fsp3) is 0.538. The molecule has 0 spiro atoms. The molecule has 2 heteroatoms. The average molecular weight is 207 g/mol. The van der Waals surface area contributed by atoms with E-state index in [9.17, 15) is 0 Å². The van der Waals surface area contributed by atoms with Gasteiger partial charge in [0.05, 0.1) is 6.10 Å². The lowest BCUT2D eigenvalue weighted by Crippen LogP contribution is -2.12. The molecule has 0 aliphatic heterocycles. The second-order valence-electron chi connectivity index (χ2n) is 4.05. The van der Waals surface area contributed by atoms with Crippen molar-refractivity contribution >= 4 is 0 Å². The van der Waals surface area contributed by atoms with Gasteiger partial charge in [0.2, 0.25) is 0 Å². The Balaban J connectivity index is 2.70. The third-order valence-electron chi connectivity index (χ3n) is 2.18. The third kappa shape index (κ3) is 3.92. The molecule has 0 aliphatic rings. The number of nitrogens with one attached hydrogen (secondary N) is 1. The molecule has 0 bridgehead atoms. The zero-order chi connectivity index (χ0) is 11.3. The van der Waals surface area contributed by atoms with E-state index in [-0.39, 0.29) is 6.10 Å². The Morgan fingerprint density at radius 2 is 2.07 bits per heavy atom. The summed E-state index contributed by atoms with van der Waals surface area (Å²) >= 11 is 0. The van der Waals surface area contributed by atoms with Gasteiger partial charge in [0, 0.05) is 6.54 Å². The topological polar surface area (TPSA) is 21.3 Å². The molecule has 0 amide bonds. The summed E-state index contributed by atoms with van der Waals surface area (Å²) in [6.07, 6.45) is 0.239. The second kappa shape index (κ2) is 5.76. The number of hydrogen-bond donors (Lipinski definition) is 1. The van der Waals surface area contributed by atoms with Crippen LogP contribution in [0, 0.1) is 6.92 Å². The number of benzene rings is 1. The molecule has 2 nitrogen and oxygen atoms in total. The first-order valence-corrected chi connectivity index (χ1v) is 5.60. The summed E-state index contributed by atoms with van der Waals surface area (Å²) < 4.78 is 5.68. The molecule has 0 aliphatic carbocycles. The van der Waals surface area contributed by atoms with E-state index >= 15 is 0 Å². The molecule has 1 rings (SSSR count). The molecule has 0 atom stereocenters. The van der Waals surface area contributed by atoms with E-state index in [1.807, 2.05) is 13.8 Å². The second-order valence-corrected chi connectivity index (χ2v) is 4.05. The summed E-state index contributed by atoms with van der Waals surface area (Å²) in [6, 6.07) is 6.36. The Morgan fingerprint density at radius 3 is 2.60 bits per heavy atom. The smallest absolute Gasteiger partial charge is 0.122 e. The van der Waals surface area contributed by atoms with Gasteiger partial charge in [0.15, 0.2) is 0 Å². The summed E-state index contributed by atoms with van der Waals surface area (Å²) in [7, 11) is 0. The minimum absolute atomic E-state index is 0.239. The quantitative estimate of drug-likeness (QED) is 0.801. The first-order chi connectivity index (χ1) is 7.13. The minimum Gasteiger partial charge on any atom is -0.491 e. The van der Waals surface area contributed by atoms with Gasteiger partial charge in [-0.1, -0.05) is 19.1 Å². The molecule has 0 fully saturated rings. The Bertz CT molecular complexity index is 307. The molecule has 0 saturated heterocycles. The van der Waals surface area contributed by atoms with Crippen molar-refractivity contribution in [3.05, 3.63) is 29.3 Å². The average Bonchev–Trinajstić information content (AvgIpc) is 2.18. The van der Waals surface area contributed by atoms with Crippen LogP contribution in [-0.2, 0) is 6.54 Å². The van der Waals surface area contributed by atoms with Crippen LogP contribution in [0.25, 0.3) is 0 Å². The zero-order valence-electron chi connectivity index (χ0n) is 10.1. The van der Waals surface area contributed by atoms with E-state index in [1.165, 1.54) is 11.1 Å². The highest BCUT2D eigenvalue weighted by Gasteiger charge is 2.02. The van der Waals surface area contributed by atoms with Crippen molar-refractivity contribution in [2.45, 2.75) is 40.3 Å². The number of rotatable bonds is 5. The van der Waals surface area contributed by atoms with E-state index in [0.29, 0.717) is 0 Å². The van der Waals surface area contributed by atoms with E-state index in [0.717, 1.165) is 18.8 Å². The van der Waals surface area contributed by atoms with Crippen LogP contribution in [0.1, 0.15) is 31.9 Å². The molecule has 15 heavy (non-hydrogen) atoms. The Labute approximate surface area is 92.6 Å². The summed E-state index contributed by atoms with van der Waals surface area (Å²) in [5, 5.41) is 3.31. The summed E-state index contributed by atoms with van der Waals surface area (Å²) in [4.78, 5) is 0. The lowest BCUT2D eigenvalue weighted by molar-refractivity contribution is 0.240. The van der Waals surface area contributed by atoms with Crippen LogP contribution in [0.2, 0.25) is 0 Å². The van der Waals surface area contributed by atoms with Crippen LogP contribution in [0.3, 0.4) is 0 Å². The van der Waals surface area contributed by atoms with Crippen LogP contribution >= 0.6 is 0 Å². The molecule has 84 valence electrons. The summed E-state index contributed by atoms with van der Waals surface area (Å²) in [5.74, 6) is 0.991. The fourth-order valence-electron chi connectivity index (χ4n) is 1.48. The number of ether oxygens (including phenoxy) is 1. The molecule has 1 aromatic rings. The molecule has 0 saturated carbocycles. The highest BCUT2D eigenvalue weighted by molar-refractivity contribution is 5.36. The predicted octanol–water partition coefficient (Wildman–Crippen LogP) is 2.89. The van der Waals surface area contributed by atoms with Crippen LogP contribution in [0.4, 0.5) is 0 Å². The fourth-order valence-corrected chi connectivity index (χ4v) is 1.48. The highest BCUT2D eigenvalue weighted by atomic mass is 16.5. The van der Waals surface area contributed by atoms with Crippen molar-refractivity contribution in [2.24, 2.45) is 0 Å². The van der Waals surface area contributed by atoms with Crippen molar-refractivity contribution in [3.8, 4) is 5.75 Å². The molecule has 1 N–H and O–H groups in total. The van der Waals surface area contributed by atoms with Crippen LogP contribution < -0.4 is 10.1 Å². The first kappa shape index (κ1) is 12.1. The van der Waals surface area contributed by atoms with Crippen LogP contribution in [0.5, 0.6) is 5.75 Å². The van der Waals surface area contributed by atoms with E-state index in [1.54, 1.807) is 0 Å². The van der Waals surface area contributed by atoms with E-state index in [2.05, 4.69) is 37.4 Å². The Kier molecular flexibility index (Phi) is 4.63. The van der Waals surface area contributed by atoms with Gasteiger partial charge in [0.25, 0.3) is 0 Å². The molecule has 1 aromatic carbocycles. The van der Waals surface area contributed by atoms with Crippen LogP contribution in [-0.4, -0.2) is 12.6 Å². The maximum atomic E-state index is 5.68. The van der Waals surface area contributed by atoms with Gasteiger partial charge in [-0.15, -0.1) is 0 Å². The minimum atomic E-state index is 0.239. The van der Waals surface area contributed by atoms with Gasteiger partial charge in [-0.25, -0.2) is 0 Å². The largest absolute Gasteiger partial charge is 0.491 e. The predicted molar refractivity (Wildman–Crippen MR) is 64.3 cm³/mol. The summed E-state index contributed by atoms with van der Waals surface area (Å²) in [5.41, 5.74) is 2.52. The standard InChI is InChI=1S/C13H21NO/c1-5-14-9-12-6-7-13(11(4)8-12)15-10(2)3/h6-8,10,14H,5,9H2,1-4H3. The molecule has 0 aromatic heterocycles. The van der Waals surface area contributed by atoms with Gasteiger partial charge in [-0.2, -0.15) is 0 Å². The van der Waals surface area contributed by atoms with Gasteiger partial charge < -0.3 is 10.1 Å². The molecular weight excluding hydrogens is 186 g/mol. The maximum absolute atomic E-state index is 5.68. The van der Waals surface area contributed by atoms with Gasteiger partial charge in [-0.3, -0.25) is 0 Å². The molecule has 0 unspecified atom stereocenters. The first-order valence-electron chi connectivity index (χ1n) is 5.60. The SMILES string of the molecule is CCNCc1ccc(OC(C)C)c(C)c1. The van der Waals surface area contributed by atoms with Crippen molar-refractivity contribution < 1.29 is 4.74 Å². The van der Waals surface area contributed by atoms with Gasteiger partial charge in [0.1, 0.15) is 5.75 Å². The van der Waals surface area contributed by atoms with Crippen molar-refractivity contribution in [2.75, 3.05) is 6.54 Å². The zero-order valence-corrected chi connectivity index (χ0v) is 10.1. The summed E-state index contributed by atoms with van der Waals surface area (Å²) in [6.45, 7) is 10.2. The van der Waals surface area contributed by atoms with E-state index in [4.69, 9.17) is 4.74 Å². The Hall–Kier alpha value is -1.02. The molecular formula is C13H21NO. The van der Waals surface area contributed by atoms with Gasteiger partial charge in [-0.05, 0) is 44.5 Å². The normalized spacial score (nSPS) is 10.7. The lowest BCUT2D eigenvalue weighted by Gasteiger charge is -2.13. The molecule has 0 heterocycles. The van der Waals surface area contributed by atoms with Crippen molar-refractivity contribution in [1.29, 1.82) is 0 Å². The van der Waals surface area contributed by atoms with E-state index < -0.39 is 0 Å². The van der Waals surface area contributed by atoms with Crippen molar-refractivity contribution in [3.63, 3.8) is 0 Å². The number of hydrogen-bond acceptors (Lipinski definition) is 2. The third-order valence-corrected chi connectivity index (χ3v) is 2.18. The van der Waals surface area contributed by atoms with Crippen LogP contribution in [0.15, 0.2) is 18.2 Å². The lowest BCUT2D eigenvalue weighted by atomic mass is 10.1. The Morgan fingerprint density at radius 1 is 1.33 bits per heavy atom. The molecule has 0 radical (unpaired) electrons. The maximum Gasteiger partial charge on any atom is 0.122 e. The number of aryl methyl sites for hydroxylation is 1. The van der Waals surface area contributed by atoms with Crippen molar-refractivity contribution in [1.82, 2.24) is 5.32 Å². The monoisotopic (exact) mass is 207 g/mol.